The van der Waals surface area contributed by atoms with Crippen LogP contribution in [0.2, 0.25) is 0 Å². The molecule has 17 heavy (non-hydrogen) atoms. The van der Waals surface area contributed by atoms with Gasteiger partial charge in [0, 0.05) is 0 Å². The highest BCUT2D eigenvalue weighted by molar-refractivity contribution is 5.62. The Kier molecular flexibility index (Phi) is 3.77. The van der Waals surface area contributed by atoms with Crippen molar-refractivity contribution < 1.29 is 48.7 Å². The van der Waals surface area contributed by atoms with E-state index in [0.717, 1.165) is 0 Å². The third-order valence-electron chi connectivity index (χ3n) is 1.65. The molecule has 0 aliphatic heterocycles. The summed E-state index contributed by atoms with van der Waals surface area (Å²) >= 11 is 0. The maximum atomic E-state index is 12.3. The van der Waals surface area contributed by atoms with Crippen LogP contribution in [-0.4, -0.2) is 36.4 Å². The number of carbonyl (C=O) groups excluding carboxylic acids is 1. The van der Waals surface area contributed by atoms with Gasteiger partial charge in [-0.3, -0.25) is 4.79 Å². The fourth-order valence-electron chi connectivity index (χ4n) is 0.630. The number of hydrogen-bond acceptors (Lipinski definition) is 1. The van der Waals surface area contributed by atoms with Crippen LogP contribution in [0.1, 0.15) is 0 Å². The molecule has 0 amide bonds. The Hall–Kier alpha value is -1.03. The fraction of sp³-hybridized carbons (Fsp3) is 0.833. The lowest BCUT2D eigenvalue weighted by Gasteiger charge is -2.34. The van der Waals surface area contributed by atoms with Crippen molar-refractivity contribution in [1.82, 2.24) is 0 Å². The van der Waals surface area contributed by atoms with Crippen molar-refractivity contribution >= 4 is 6.29 Å². The minimum Gasteiger partial charge on any atom is -0.296 e. The van der Waals surface area contributed by atoms with Gasteiger partial charge in [0.05, 0.1) is 0 Å². The molecule has 0 aliphatic carbocycles. The van der Waals surface area contributed by atoms with E-state index in [9.17, 15) is 48.7 Å². The summed E-state index contributed by atoms with van der Waals surface area (Å²) in [5.74, 6) is -27.0. The normalized spacial score (nSPS) is 15.2. The van der Waals surface area contributed by atoms with Gasteiger partial charge in [-0.05, 0) is 0 Å². The second kappa shape index (κ2) is 4.02. The van der Waals surface area contributed by atoms with Gasteiger partial charge >= 0.3 is 30.1 Å². The highest BCUT2D eigenvalue weighted by Crippen LogP contribution is 2.53. The first-order valence-corrected chi connectivity index (χ1v) is 3.51. The number of carbonyl (C=O) groups is 1. The standard InChI is InChI=1S/C6H2F10O/c7-2(8)4(11,12)6(15,16)5(13,14)3(9,10)1-17/h1-2H. The molecule has 0 spiro atoms. The number of hydrogen-bond donors (Lipinski definition) is 0. The Labute approximate surface area is 86.4 Å². The van der Waals surface area contributed by atoms with Gasteiger partial charge in [0.2, 0.25) is 0 Å². The maximum Gasteiger partial charge on any atom is 0.385 e. The quantitative estimate of drug-likeness (QED) is 0.559. The van der Waals surface area contributed by atoms with Crippen LogP contribution in [0, 0.1) is 0 Å². The summed E-state index contributed by atoms with van der Waals surface area (Å²) in [4.78, 5) is 9.42. The fourth-order valence-corrected chi connectivity index (χ4v) is 0.630. The molecule has 102 valence electrons. The molecule has 0 rings (SSSR count). The second-order valence-corrected chi connectivity index (χ2v) is 2.81. The SMILES string of the molecule is O=CC(F)(F)C(F)(F)C(F)(F)C(F)(F)C(F)F. The van der Waals surface area contributed by atoms with Crippen LogP contribution in [0.5, 0.6) is 0 Å². The highest BCUT2D eigenvalue weighted by atomic mass is 19.4. The molecule has 0 aromatic rings. The minimum absolute atomic E-state index is 2.03. The van der Waals surface area contributed by atoms with E-state index >= 15 is 0 Å². The first-order valence-electron chi connectivity index (χ1n) is 3.51. The Morgan fingerprint density at radius 3 is 1.35 bits per heavy atom. The average molecular weight is 280 g/mol. The van der Waals surface area contributed by atoms with Crippen LogP contribution in [-0.2, 0) is 4.79 Å². The molecular weight excluding hydrogens is 278 g/mol. The van der Waals surface area contributed by atoms with Gasteiger partial charge < -0.3 is 0 Å². The molecule has 0 unspecified atom stereocenters. The molecule has 0 heterocycles. The largest absolute Gasteiger partial charge is 0.385 e. The van der Waals surface area contributed by atoms with E-state index in [2.05, 4.69) is 0 Å². The van der Waals surface area contributed by atoms with Gasteiger partial charge in [-0.1, -0.05) is 0 Å². The second-order valence-electron chi connectivity index (χ2n) is 2.81. The van der Waals surface area contributed by atoms with Gasteiger partial charge in [-0.2, -0.15) is 35.1 Å². The number of aldehydes is 1. The molecule has 0 aromatic heterocycles. The summed E-state index contributed by atoms with van der Waals surface area (Å²) in [5, 5.41) is 0. The molecule has 0 bridgehead atoms. The van der Waals surface area contributed by atoms with Crippen LogP contribution in [0.3, 0.4) is 0 Å². The third-order valence-corrected chi connectivity index (χ3v) is 1.65. The van der Waals surface area contributed by atoms with Crippen molar-refractivity contribution in [2.24, 2.45) is 0 Å². The zero-order valence-electron chi connectivity index (χ0n) is 7.34. The molecule has 0 fully saturated rings. The highest BCUT2D eigenvalue weighted by Gasteiger charge is 2.83. The van der Waals surface area contributed by atoms with Crippen molar-refractivity contribution in [3.05, 3.63) is 0 Å². The predicted octanol–water partition coefficient (Wildman–Crippen LogP) is 2.99. The molecule has 0 aromatic carbocycles. The molecular formula is C6H2F10O. The Balaban J connectivity index is 5.68. The molecule has 0 N–H and O–H groups in total. The molecule has 1 nitrogen and oxygen atoms in total. The number of rotatable bonds is 5. The molecule has 0 saturated heterocycles. The minimum atomic E-state index is -7.10. The van der Waals surface area contributed by atoms with Crippen molar-refractivity contribution in [3.8, 4) is 0 Å². The van der Waals surface area contributed by atoms with E-state index in [-0.39, 0.29) is 0 Å². The van der Waals surface area contributed by atoms with Gasteiger partial charge in [0.15, 0.2) is 6.29 Å². The first kappa shape index (κ1) is 16.0. The summed E-state index contributed by atoms with van der Waals surface area (Å²) in [7, 11) is 0. The molecule has 11 heteroatoms. The van der Waals surface area contributed by atoms with Crippen LogP contribution < -0.4 is 0 Å². The van der Waals surface area contributed by atoms with Crippen molar-refractivity contribution in [2.45, 2.75) is 30.1 Å². The zero-order valence-corrected chi connectivity index (χ0v) is 7.34. The summed E-state index contributed by atoms with van der Waals surface area (Å²) in [6.45, 7) is 0. The Morgan fingerprint density at radius 1 is 0.765 bits per heavy atom. The van der Waals surface area contributed by atoms with Crippen LogP contribution in [0.25, 0.3) is 0 Å². The van der Waals surface area contributed by atoms with E-state index in [4.69, 9.17) is 0 Å². The van der Waals surface area contributed by atoms with Crippen molar-refractivity contribution in [2.75, 3.05) is 0 Å². The van der Waals surface area contributed by atoms with Crippen LogP contribution in [0.15, 0.2) is 0 Å². The number of alkyl halides is 10. The van der Waals surface area contributed by atoms with Crippen LogP contribution in [0.4, 0.5) is 43.9 Å². The lowest BCUT2D eigenvalue weighted by molar-refractivity contribution is -0.373. The lowest BCUT2D eigenvalue weighted by Crippen LogP contribution is -2.64. The molecule has 0 atom stereocenters. The van der Waals surface area contributed by atoms with E-state index in [0.29, 0.717) is 0 Å². The van der Waals surface area contributed by atoms with E-state index in [1.807, 2.05) is 0 Å². The van der Waals surface area contributed by atoms with Gasteiger partial charge in [-0.25, -0.2) is 8.78 Å². The Bertz CT molecular complexity index is 295. The van der Waals surface area contributed by atoms with E-state index in [1.54, 1.807) is 0 Å². The van der Waals surface area contributed by atoms with Crippen LogP contribution >= 0.6 is 0 Å². The number of halogens is 10. The van der Waals surface area contributed by atoms with Crippen molar-refractivity contribution in [1.29, 1.82) is 0 Å². The first-order chi connectivity index (χ1) is 7.25. The topological polar surface area (TPSA) is 17.1 Å². The molecule has 0 radical (unpaired) electrons. The average Bonchev–Trinajstić information content (AvgIpc) is 2.16. The van der Waals surface area contributed by atoms with E-state index in [1.165, 1.54) is 0 Å². The van der Waals surface area contributed by atoms with Crippen molar-refractivity contribution in [3.63, 3.8) is 0 Å². The third kappa shape index (κ3) is 2.06. The smallest absolute Gasteiger partial charge is 0.296 e. The summed E-state index contributed by atoms with van der Waals surface area (Å²) < 4.78 is 120. The summed E-state index contributed by atoms with van der Waals surface area (Å²) in [5.41, 5.74) is 0. The predicted molar refractivity (Wildman–Crippen MR) is 31.9 cm³/mol. The Morgan fingerprint density at radius 2 is 1.12 bits per heavy atom. The maximum absolute atomic E-state index is 12.3. The van der Waals surface area contributed by atoms with Gasteiger partial charge in [0.25, 0.3) is 0 Å². The summed E-state index contributed by atoms with van der Waals surface area (Å²) in [6, 6.07) is 0. The van der Waals surface area contributed by atoms with Gasteiger partial charge in [-0.15, -0.1) is 0 Å². The van der Waals surface area contributed by atoms with E-state index < -0.39 is 36.4 Å². The molecule has 0 aliphatic rings. The monoisotopic (exact) mass is 280 g/mol. The van der Waals surface area contributed by atoms with Gasteiger partial charge in [0.1, 0.15) is 0 Å². The summed E-state index contributed by atoms with van der Waals surface area (Å²) in [6.07, 6.45) is -7.34. The molecule has 0 saturated carbocycles. The lowest BCUT2D eigenvalue weighted by atomic mass is 9.99. The zero-order chi connectivity index (χ0) is 14.3.